The van der Waals surface area contributed by atoms with Gasteiger partial charge in [0.15, 0.2) is 23.3 Å². The van der Waals surface area contributed by atoms with Gasteiger partial charge >= 0.3 is 12.4 Å². The Bertz CT molecular complexity index is 5750. The fourth-order valence-electron chi connectivity index (χ4n) is 10.7. The number of nitrogens with zero attached hydrogens (tertiary/aromatic N) is 10. The predicted octanol–water partition coefficient (Wildman–Crippen LogP) is 15.0. The number of halogens is 9. The molecule has 0 atom stereocenters. The number of hydrogen-bond acceptors (Lipinski definition) is 17. The Balaban J connectivity index is 0.000000125. The van der Waals surface area contributed by atoms with E-state index in [1.54, 1.807) is 29.2 Å². The molecular formula is C67H49ClF8N22O6S. The van der Waals surface area contributed by atoms with Crippen molar-refractivity contribution in [2.24, 2.45) is 4.99 Å². The molecule has 28 nitrogen and oxygen atoms in total. The van der Waals surface area contributed by atoms with Crippen LogP contribution in [0.4, 0.5) is 57.9 Å². The lowest BCUT2D eigenvalue weighted by molar-refractivity contribution is -0.155. The van der Waals surface area contributed by atoms with E-state index in [-0.39, 0.29) is 56.5 Å². The number of carbonyl (C=O) groups is 4. The molecule has 10 aromatic heterocycles. The average molecular weight is 1480 g/mol. The first-order valence-electron chi connectivity index (χ1n) is 30.7. The molecule has 5 aromatic carbocycles. The van der Waals surface area contributed by atoms with Gasteiger partial charge in [-0.25, -0.2) is 28.7 Å². The Labute approximate surface area is 591 Å². The summed E-state index contributed by atoms with van der Waals surface area (Å²) in [7, 11) is 1.54. The van der Waals surface area contributed by atoms with Crippen molar-refractivity contribution in [1.82, 2.24) is 85.8 Å². The summed E-state index contributed by atoms with van der Waals surface area (Å²) in [4.78, 5) is 83.7. The van der Waals surface area contributed by atoms with Crippen molar-refractivity contribution in [2.75, 3.05) is 28.4 Å². The number of rotatable bonds is 13. The zero-order chi connectivity index (χ0) is 74.0. The van der Waals surface area contributed by atoms with Crippen molar-refractivity contribution in [3.63, 3.8) is 0 Å². The van der Waals surface area contributed by atoms with E-state index >= 15 is 0 Å². The van der Waals surface area contributed by atoms with Crippen LogP contribution in [-0.2, 0) is 17.1 Å². The van der Waals surface area contributed by atoms with Gasteiger partial charge in [0.05, 0.1) is 115 Å². The minimum absolute atomic E-state index is 0.00292. The van der Waals surface area contributed by atoms with E-state index < -0.39 is 58.3 Å². The Morgan fingerprint density at radius 1 is 0.533 bits per heavy atom. The second-order valence-electron chi connectivity index (χ2n) is 22.7. The summed E-state index contributed by atoms with van der Waals surface area (Å²) in [5, 5.41) is 43.6. The number of allylic oxidation sites excluding steroid dienone is 1. The zero-order valence-electron chi connectivity index (χ0n) is 54.2. The first-order chi connectivity index (χ1) is 50.4. The van der Waals surface area contributed by atoms with Crippen LogP contribution in [0.3, 0.4) is 0 Å². The standard InChI is InChI=1S/C18H9ClF5N5O.C17H16N6O.C16H11F3N6O2.C16H13N5O2S/c19-8-4-7(18(22,23)24)5-11-14(8)28-16(26-11)15-12(6-25-29-15)27-17(30)13-9(20)2-1-3-10(13)21;1-9-7-11(10(2)19-9)17(24)22-14-8-18-23-15(14)16-20-12-5-3-4-6-13(12)21-16;1-7-11(13(27-25-7)16(17,18)19)15(26)23-10-6-20-24-12(10)14-21-8-4-2-3-5-9(8)22-14;1-23-13-8-24-7-9(13)16(22)20-12-6-17-21-14(12)15-18-10-4-2-3-5-11(10)19-15/h1-6H,(H,25,29)(H,26,28)(H,27,30);3-6,8H,7H2,1-2H3,(H,18,23)(H,20,21)(H,22,24);2-6H,1H3,(H,20,24)(H,21,22)(H,23,26);2-8H,1H3,(H,17,21)(H,18,19)(H,20,22). The van der Waals surface area contributed by atoms with Gasteiger partial charge in [0, 0.05) is 34.2 Å². The third kappa shape index (κ3) is 14.9. The van der Waals surface area contributed by atoms with Crippen LogP contribution in [0.1, 0.15) is 68.4 Å². The minimum atomic E-state index is -4.84. The molecule has 0 aliphatic carbocycles. The number of nitrogens with one attached hydrogen (secondary N) is 12. The van der Waals surface area contributed by atoms with E-state index in [0.29, 0.717) is 74.8 Å². The van der Waals surface area contributed by atoms with Gasteiger partial charge in [0.1, 0.15) is 56.8 Å². The number of ether oxygens (including phenoxy) is 1. The highest BCUT2D eigenvalue weighted by atomic mass is 35.5. The van der Waals surface area contributed by atoms with Crippen LogP contribution in [0.5, 0.6) is 5.75 Å². The van der Waals surface area contributed by atoms with Crippen LogP contribution in [0, 0.1) is 18.6 Å². The molecule has 11 heterocycles. The first kappa shape index (κ1) is 70.0. The van der Waals surface area contributed by atoms with Gasteiger partial charge in [0.2, 0.25) is 0 Å². The lowest BCUT2D eigenvalue weighted by atomic mass is 10.1. The lowest BCUT2D eigenvalue weighted by Crippen LogP contribution is -2.18. The molecule has 15 aromatic rings. The summed E-state index contributed by atoms with van der Waals surface area (Å²) < 4.78 is 115. The highest BCUT2D eigenvalue weighted by Crippen LogP contribution is 2.38. The number of thiophene rings is 1. The number of aromatic amines is 8. The smallest absolute Gasteiger partial charge is 0.453 e. The summed E-state index contributed by atoms with van der Waals surface area (Å²) >= 11 is 7.33. The summed E-state index contributed by atoms with van der Waals surface area (Å²) in [6, 6.07) is 27.2. The van der Waals surface area contributed by atoms with Crippen molar-refractivity contribution in [3.8, 4) is 51.8 Å². The van der Waals surface area contributed by atoms with E-state index in [9.17, 15) is 54.3 Å². The monoisotopic (exact) mass is 1480 g/mol. The zero-order valence-corrected chi connectivity index (χ0v) is 55.8. The molecule has 0 unspecified atom stereocenters. The summed E-state index contributed by atoms with van der Waals surface area (Å²) in [5.41, 5.74) is 8.26. The van der Waals surface area contributed by atoms with E-state index in [2.05, 4.69) is 117 Å². The molecule has 1 aliphatic heterocycles. The maximum Gasteiger partial charge on any atom is 0.453 e. The van der Waals surface area contributed by atoms with Crippen LogP contribution in [0.2, 0.25) is 5.02 Å². The number of carbonyl (C=O) groups excluding carboxylic acids is 4. The molecular weight excluding hydrogens is 1430 g/mol. The van der Waals surface area contributed by atoms with E-state index in [1.165, 1.54) is 31.6 Å². The fourth-order valence-corrected chi connectivity index (χ4v) is 11.8. The fraction of sp³-hybridized carbons (Fsp3) is 0.104. The number of aliphatic imine (C=N–C) groups is 1. The van der Waals surface area contributed by atoms with Crippen molar-refractivity contribution in [1.29, 1.82) is 0 Å². The van der Waals surface area contributed by atoms with Crippen molar-refractivity contribution in [3.05, 3.63) is 200 Å². The summed E-state index contributed by atoms with van der Waals surface area (Å²) in [6.45, 7) is 5.02. The maximum atomic E-state index is 13.8. The van der Waals surface area contributed by atoms with Crippen LogP contribution in [-0.4, -0.2) is 122 Å². The molecule has 4 amide bonds. The molecule has 16 rings (SSSR count). The lowest BCUT2D eigenvalue weighted by Gasteiger charge is -2.07. The molecule has 0 saturated carbocycles. The maximum absolute atomic E-state index is 13.8. The number of benzene rings is 5. The molecule has 0 bridgehead atoms. The Kier molecular flexibility index (Phi) is 19.3. The van der Waals surface area contributed by atoms with Crippen LogP contribution in [0.15, 0.2) is 159 Å². The van der Waals surface area contributed by atoms with Gasteiger partial charge < -0.3 is 50.5 Å². The number of hydrogen-bond donors (Lipinski definition) is 12. The first-order valence-corrected chi connectivity index (χ1v) is 32.0. The van der Waals surface area contributed by atoms with E-state index in [1.807, 2.05) is 80.6 Å². The molecule has 105 heavy (non-hydrogen) atoms. The number of imidazole rings is 4. The topological polar surface area (TPSA) is 393 Å². The Morgan fingerprint density at radius 2 is 0.971 bits per heavy atom. The number of fused-ring (bicyclic) bond motifs is 4. The predicted molar refractivity (Wildman–Crippen MR) is 371 cm³/mol. The van der Waals surface area contributed by atoms with Gasteiger partial charge in [-0.3, -0.25) is 44.6 Å². The molecule has 1 aliphatic rings. The molecule has 38 heteroatoms. The number of alkyl halides is 6. The Morgan fingerprint density at radius 3 is 1.41 bits per heavy atom. The van der Waals surface area contributed by atoms with Gasteiger partial charge in [-0.2, -0.15) is 46.7 Å². The second-order valence-corrected chi connectivity index (χ2v) is 23.9. The average Bonchev–Trinajstić information content (AvgIpc) is 1.67. The number of aromatic nitrogens is 17. The third-order valence-corrected chi connectivity index (χ3v) is 16.7. The molecule has 0 fully saturated rings. The minimum Gasteiger partial charge on any atom is -0.495 e. The van der Waals surface area contributed by atoms with Crippen LogP contribution < -0.4 is 26.0 Å². The largest absolute Gasteiger partial charge is 0.495 e. The molecule has 0 radical (unpaired) electrons. The highest BCUT2D eigenvalue weighted by molar-refractivity contribution is 7.08. The highest BCUT2D eigenvalue weighted by Gasteiger charge is 2.42. The number of aryl methyl sites for hydroxylation is 1. The normalized spacial score (nSPS) is 12.2. The van der Waals surface area contributed by atoms with Crippen molar-refractivity contribution >= 4 is 119 Å². The number of para-hydroxylation sites is 6. The number of methoxy groups -OCH3 is 1. The van der Waals surface area contributed by atoms with Gasteiger partial charge in [-0.05, 0) is 81.4 Å². The van der Waals surface area contributed by atoms with Gasteiger partial charge in [0.25, 0.3) is 29.4 Å². The van der Waals surface area contributed by atoms with Crippen molar-refractivity contribution < 1.29 is 63.6 Å². The molecule has 0 saturated heterocycles. The second kappa shape index (κ2) is 28.9. The number of anilines is 4. The number of H-pyrrole nitrogens is 8. The number of amides is 4. The molecule has 0 spiro atoms. The third-order valence-electron chi connectivity index (χ3n) is 15.7. The Hall–Kier alpha value is -13.5. The SMILES string of the molecule is CC1=NC(C)=C(C(=O)Nc2cn[nH]c2-c2nc3ccccc3[nH]2)C1.COc1cscc1C(=O)Nc1cn[nH]c1-c1nc2ccccc2[nH]1.Cc1noc(C(F)(F)F)c1C(=O)Nc1cn[nH]c1-c1nc2ccccc2[nH]1.O=C(Nc1cn[nH]c1-c1nc2c(Cl)cc(C(F)(F)F)cc2[nH]1)c1c(F)cccc1F. The quantitative estimate of drug-likeness (QED) is 0.0477. The van der Waals surface area contributed by atoms with Crippen molar-refractivity contribution in [2.45, 2.75) is 39.5 Å². The van der Waals surface area contributed by atoms with Crippen LogP contribution >= 0.6 is 22.9 Å². The summed E-state index contributed by atoms with van der Waals surface area (Å²) in [6.07, 6.45) is -3.31. The van der Waals surface area contributed by atoms with Crippen LogP contribution in [0.25, 0.3) is 90.2 Å². The van der Waals surface area contributed by atoms with Gasteiger partial charge in [-0.15, -0.1) is 11.3 Å². The summed E-state index contributed by atoms with van der Waals surface area (Å²) in [5.74, 6) is -3.91. The van der Waals surface area contributed by atoms with Gasteiger partial charge in [-0.1, -0.05) is 59.2 Å². The van der Waals surface area contributed by atoms with E-state index in [4.69, 9.17) is 16.3 Å². The molecule has 12 N–H and O–H groups in total. The van der Waals surface area contributed by atoms with E-state index in [0.717, 1.165) is 75.5 Å². The molecule has 532 valence electrons.